The van der Waals surface area contributed by atoms with E-state index < -0.39 is 11.9 Å². The van der Waals surface area contributed by atoms with Gasteiger partial charge in [-0.25, -0.2) is 4.79 Å². The van der Waals surface area contributed by atoms with Crippen molar-refractivity contribution in [2.24, 2.45) is 5.73 Å². The Morgan fingerprint density at radius 1 is 1.44 bits per heavy atom. The summed E-state index contributed by atoms with van der Waals surface area (Å²) in [4.78, 5) is 23.0. The van der Waals surface area contributed by atoms with Gasteiger partial charge >= 0.3 is 5.97 Å². The number of carboxylic acid groups (broad SMARTS) is 1. The highest BCUT2D eigenvalue weighted by molar-refractivity contribution is 5.85. The first-order chi connectivity index (χ1) is 8.40. The highest BCUT2D eigenvalue weighted by Crippen LogP contribution is 2.20. The number of rotatable bonds is 5. The summed E-state index contributed by atoms with van der Waals surface area (Å²) >= 11 is 0. The van der Waals surface area contributed by atoms with Crippen LogP contribution in [-0.4, -0.2) is 30.6 Å². The van der Waals surface area contributed by atoms with Crippen molar-refractivity contribution in [3.05, 3.63) is 35.4 Å². The molecule has 1 aromatic carbocycles. The van der Waals surface area contributed by atoms with Crippen LogP contribution in [0.4, 0.5) is 5.69 Å². The Hall–Kier alpha value is -2.30. The van der Waals surface area contributed by atoms with Crippen LogP contribution < -0.4 is 10.6 Å². The van der Waals surface area contributed by atoms with Gasteiger partial charge in [-0.2, -0.15) is 0 Å². The third-order valence-corrected chi connectivity index (χ3v) is 2.44. The third kappa shape index (κ3) is 3.93. The number of amides is 1. The van der Waals surface area contributed by atoms with Gasteiger partial charge in [0.05, 0.1) is 6.54 Å². The topological polar surface area (TPSA) is 83.6 Å². The van der Waals surface area contributed by atoms with E-state index in [4.69, 9.17) is 10.8 Å². The zero-order valence-corrected chi connectivity index (χ0v) is 10.4. The number of hydrogen-bond acceptors (Lipinski definition) is 3. The maximum Gasteiger partial charge on any atom is 0.328 e. The molecule has 0 aliphatic carbocycles. The van der Waals surface area contributed by atoms with Crippen LogP contribution in [0, 0.1) is 6.92 Å². The van der Waals surface area contributed by atoms with Crippen LogP contribution >= 0.6 is 0 Å². The molecule has 18 heavy (non-hydrogen) atoms. The summed E-state index contributed by atoms with van der Waals surface area (Å²) in [5.41, 5.74) is 7.77. The number of hydrogen-bond donors (Lipinski definition) is 2. The summed E-state index contributed by atoms with van der Waals surface area (Å²) in [6, 6.07) is 5.48. The van der Waals surface area contributed by atoms with E-state index in [1.54, 1.807) is 18.0 Å². The molecule has 0 unspecified atom stereocenters. The molecule has 0 aromatic heterocycles. The number of carbonyl (C=O) groups excluding carboxylic acids is 1. The van der Waals surface area contributed by atoms with Crippen molar-refractivity contribution < 1.29 is 14.7 Å². The first-order valence-corrected chi connectivity index (χ1v) is 5.41. The normalized spacial score (nSPS) is 10.6. The van der Waals surface area contributed by atoms with Gasteiger partial charge < -0.3 is 15.7 Å². The number of benzene rings is 1. The lowest BCUT2D eigenvalue weighted by Crippen LogP contribution is -2.30. The first kappa shape index (κ1) is 13.8. The lowest BCUT2D eigenvalue weighted by atomic mass is 10.1. The van der Waals surface area contributed by atoms with Gasteiger partial charge in [0, 0.05) is 18.8 Å². The predicted octanol–water partition coefficient (Wildman–Crippen LogP) is 1.01. The van der Waals surface area contributed by atoms with E-state index in [1.807, 2.05) is 19.1 Å². The maximum atomic E-state index is 10.8. The Morgan fingerprint density at radius 2 is 2.11 bits per heavy atom. The van der Waals surface area contributed by atoms with Crippen LogP contribution in [0.3, 0.4) is 0 Å². The minimum Gasteiger partial charge on any atom is -0.478 e. The zero-order chi connectivity index (χ0) is 13.7. The fourth-order valence-electron chi connectivity index (χ4n) is 1.70. The highest BCUT2D eigenvalue weighted by atomic mass is 16.4. The summed E-state index contributed by atoms with van der Waals surface area (Å²) in [7, 11) is 1.78. The second-order valence-corrected chi connectivity index (χ2v) is 4.04. The molecule has 0 atom stereocenters. The predicted molar refractivity (Wildman–Crippen MR) is 70.3 cm³/mol. The van der Waals surface area contributed by atoms with Gasteiger partial charge in [-0.15, -0.1) is 0 Å². The SMILES string of the molecule is Cc1cc(C=CC(=O)O)ccc1N(C)CC(N)=O. The molecule has 0 spiro atoms. The molecule has 0 heterocycles. The Bertz CT molecular complexity index is 495. The van der Waals surface area contributed by atoms with E-state index in [2.05, 4.69) is 0 Å². The smallest absolute Gasteiger partial charge is 0.328 e. The largest absolute Gasteiger partial charge is 0.478 e. The molecule has 0 radical (unpaired) electrons. The fourth-order valence-corrected chi connectivity index (χ4v) is 1.70. The standard InChI is InChI=1S/C13H16N2O3/c1-9-7-10(4-6-13(17)18)3-5-11(9)15(2)8-12(14)16/h3-7H,8H2,1-2H3,(H2,14,16)(H,17,18). The van der Waals surface area contributed by atoms with Gasteiger partial charge in [0.2, 0.25) is 5.91 Å². The Balaban J connectivity index is 2.92. The number of likely N-dealkylation sites (N-methyl/N-ethyl adjacent to an activating group) is 1. The zero-order valence-electron chi connectivity index (χ0n) is 10.4. The molecule has 96 valence electrons. The van der Waals surface area contributed by atoms with Crippen molar-refractivity contribution >= 4 is 23.6 Å². The van der Waals surface area contributed by atoms with E-state index in [9.17, 15) is 9.59 Å². The summed E-state index contributed by atoms with van der Waals surface area (Å²) in [5.74, 6) is -1.38. The van der Waals surface area contributed by atoms with Gasteiger partial charge in [-0.05, 0) is 36.3 Å². The molecule has 5 nitrogen and oxygen atoms in total. The van der Waals surface area contributed by atoms with Gasteiger partial charge in [0.1, 0.15) is 0 Å². The Labute approximate surface area is 106 Å². The number of carbonyl (C=O) groups is 2. The lowest BCUT2D eigenvalue weighted by Gasteiger charge is -2.19. The van der Waals surface area contributed by atoms with Crippen LogP contribution in [0.2, 0.25) is 0 Å². The Kier molecular flexibility index (Phi) is 4.48. The molecule has 1 rings (SSSR count). The molecule has 5 heteroatoms. The molecule has 0 saturated heterocycles. The summed E-state index contributed by atoms with van der Waals surface area (Å²) in [6.07, 6.45) is 2.61. The van der Waals surface area contributed by atoms with Crippen molar-refractivity contribution in [3.8, 4) is 0 Å². The molecular formula is C13H16N2O3. The number of aliphatic carboxylic acids is 1. The van der Waals surface area contributed by atoms with Crippen molar-refractivity contribution in [3.63, 3.8) is 0 Å². The van der Waals surface area contributed by atoms with Crippen molar-refractivity contribution in [2.45, 2.75) is 6.92 Å². The second kappa shape index (κ2) is 5.86. The number of aryl methyl sites for hydroxylation is 1. The van der Waals surface area contributed by atoms with Gasteiger partial charge in [0.15, 0.2) is 0 Å². The number of nitrogens with zero attached hydrogens (tertiary/aromatic N) is 1. The Morgan fingerprint density at radius 3 is 2.61 bits per heavy atom. The average molecular weight is 248 g/mol. The van der Waals surface area contributed by atoms with E-state index in [0.29, 0.717) is 0 Å². The van der Waals surface area contributed by atoms with Crippen LogP contribution in [0.25, 0.3) is 6.08 Å². The molecule has 0 fully saturated rings. The van der Waals surface area contributed by atoms with Crippen LogP contribution in [0.15, 0.2) is 24.3 Å². The second-order valence-electron chi connectivity index (χ2n) is 4.04. The van der Waals surface area contributed by atoms with Crippen molar-refractivity contribution in [1.82, 2.24) is 0 Å². The minimum absolute atomic E-state index is 0.144. The number of anilines is 1. The molecule has 1 aromatic rings. The summed E-state index contributed by atoms with van der Waals surface area (Å²) in [5, 5.41) is 8.54. The summed E-state index contributed by atoms with van der Waals surface area (Å²) in [6.45, 7) is 2.04. The maximum absolute atomic E-state index is 10.8. The van der Waals surface area contributed by atoms with Crippen molar-refractivity contribution in [2.75, 3.05) is 18.5 Å². The average Bonchev–Trinajstić information content (AvgIpc) is 2.25. The number of carboxylic acids is 1. The van der Waals surface area contributed by atoms with E-state index in [-0.39, 0.29) is 6.54 Å². The van der Waals surface area contributed by atoms with Crippen LogP contribution in [-0.2, 0) is 9.59 Å². The van der Waals surface area contributed by atoms with E-state index in [0.717, 1.165) is 22.9 Å². The fraction of sp³-hybridized carbons (Fsp3) is 0.231. The highest BCUT2D eigenvalue weighted by Gasteiger charge is 2.07. The van der Waals surface area contributed by atoms with Gasteiger partial charge in [0.25, 0.3) is 0 Å². The third-order valence-electron chi connectivity index (χ3n) is 2.44. The van der Waals surface area contributed by atoms with Crippen LogP contribution in [0.5, 0.6) is 0 Å². The molecule has 1 amide bonds. The molecular weight excluding hydrogens is 232 g/mol. The molecule has 3 N–H and O–H groups in total. The lowest BCUT2D eigenvalue weighted by molar-refractivity contribution is -0.131. The molecule has 0 saturated carbocycles. The monoisotopic (exact) mass is 248 g/mol. The molecule has 0 bridgehead atoms. The van der Waals surface area contributed by atoms with E-state index in [1.165, 1.54) is 6.08 Å². The van der Waals surface area contributed by atoms with Gasteiger partial charge in [-0.1, -0.05) is 6.07 Å². The minimum atomic E-state index is -0.984. The quantitative estimate of drug-likeness (QED) is 0.762. The van der Waals surface area contributed by atoms with Crippen LogP contribution in [0.1, 0.15) is 11.1 Å². The molecule has 0 aliphatic rings. The van der Waals surface area contributed by atoms with E-state index >= 15 is 0 Å². The number of primary amides is 1. The van der Waals surface area contributed by atoms with Gasteiger partial charge in [-0.3, -0.25) is 4.79 Å². The number of nitrogens with two attached hydrogens (primary N) is 1. The summed E-state index contributed by atoms with van der Waals surface area (Å²) < 4.78 is 0. The first-order valence-electron chi connectivity index (χ1n) is 5.41. The molecule has 0 aliphatic heterocycles. The van der Waals surface area contributed by atoms with Crippen molar-refractivity contribution in [1.29, 1.82) is 0 Å².